The second kappa shape index (κ2) is 4.30. The molecule has 0 saturated heterocycles. The van der Waals surface area contributed by atoms with E-state index in [9.17, 15) is 4.79 Å². The highest BCUT2D eigenvalue weighted by molar-refractivity contribution is 6.18. The number of amides is 1. The molecule has 4 nitrogen and oxygen atoms in total. The SMILES string of the molecule is [C-]#[N+]c1cc2c3c(cnc2c2ccccc12)N(C)C(=O)C3(C)C. The summed E-state index contributed by atoms with van der Waals surface area (Å²) in [6.45, 7) is 11.4. The van der Waals surface area contributed by atoms with Crippen molar-refractivity contribution in [2.75, 3.05) is 11.9 Å². The average molecular weight is 301 g/mol. The normalized spacial score (nSPS) is 15.9. The molecule has 1 aliphatic rings. The van der Waals surface area contributed by atoms with Crippen molar-refractivity contribution in [2.45, 2.75) is 19.3 Å². The monoisotopic (exact) mass is 301 g/mol. The number of fused-ring (bicyclic) bond motifs is 5. The molecule has 0 N–H and O–H groups in total. The van der Waals surface area contributed by atoms with Gasteiger partial charge in [0.25, 0.3) is 0 Å². The number of hydrogen-bond acceptors (Lipinski definition) is 2. The number of carbonyl (C=O) groups excluding carboxylic acids is 1. The van der Waals surface area contributed by atoms with Crippen LogP contribution >= 0.6 is 0 Å². The molecule has 2 aromatic carbocycles. The van der Waals surface area contributed by atoms with Gasteiger partial charge in [-0.15, -0.1) is 0 Å². The van der Waals surface area contributed by atoms with Gasteiger partial charge in [-0.2, -0.15) is 0 Å². The first-order valence-electron chi connectivity index (χ1n) is 7.47. The summed E-state index contributed by atoms with van der Waals surface area (Å²) in [6.07, 6.45) is 1.77. The minimum Gasteiger partial charge on any atom is -0.313 e. The van der Waals surface area contributed by atoms with Gasteiger partial charge < -0.3 is 4.90 Å². The fraction of sp³-hybridized carbons (Fsp3) is 0.211. The van der Waals surface area contributed by atoms with E-state index in [2.05, 4.69) is 9.83 Å². The molecule has 4 heteroatoms. The van der Waals surface area contributed by atoms with Gasteiger partial charge in [0, 0.05) is 12.6 Å². The minimum absolute atomic E-state index is 0.0549. The highest BCUT2D eigenvalue weighted by Crippen LogP contribution is 2.46. The van der Waals surface area contributed by atoms with Crippen LogP contribution < -0.4 is 4.90 Å². The van der Waals surface area contributed by atoms with E-state index < -0.39 is 5.41 Å². The van der Waals surface area contributed by atoms with Crippen molar-refractivity contribution in [3.05, 3.63) is 53.5 Å². The van der Waals surface area contributed by atoms with Gasteiger partial charge in [-0.05, 0) is 36.1 Å². The van der Waals surface area contributed by atoms with Crippen LogP contribution in [0.2, 0.25) is 0 Å². The lowest BCUT2D eigenvalue weighted by atomic mass is 9.83. The molecular formula is C19H15N3O. The Kier molecular flexibility index (Phi) is 2.56. The second-order valence-corrected chi connectivity index (χ2v) is 6.46. The first-order chi connectivity index (χ1) is 11.0. The predicted molar refractivity (Wildman–Crippen MR) is 91.9 cm³/mol. The number of nitrogens with zero attached hydrogens (tertiary/aromatic N) is 3. The van der Waals surface area contributed by atoms with Crippen molar-refractivity contribution in [3.63, 3.8) is 0 Å². The third-order valence-electron chi connectivity index (χ3n) is 4.78. The molecule has 0 saturated carbocycles. The maximum absolute atomic E-state index is 12.6. The Balaban J connectivity index is 2.26. The number of anilines is 1. The molecule has 0 atom stereocenters. The highest BCUT2D eigenvalue weighted by atomic mass is 16.2. The fourth-order valence-corrected chi connectivity index (χ4v) is 3.64. The first-order valence-corrected chi connectivity index (χ1v) is 7.47. The highest BCUT2D eigenvalue weighted by Gasteiger charge is 2.43. The van der Waals surface area contributed by atoms with E-state index in [0.717, 1.165) is 32.9 Å². The summed E-state index contributed by atoms with van der Waals surface area (Å²) in [5.74, 6) is 0.0549. The molecule has 1 amide bonds. The molecule has 0 fully saturated rings. The Bertz CT molecular complexity index is 1040. The van der Waals surface area contributed by atoms with Crippen molar-refractivity contribution >= 4 is 39.0 Å². The fourth-order valence-electron chi connectivity index (χ4n) is 3.64. The molecule has 3 aromatic rings. The second-order valence-electron chi connectivity index (χ2n) is 6.46. The lowest BCUT2D eigenvalue weighted by Gasteiger charge is -2.18. The molecule has 2 heterocycles. The van der Waals surface area contributed by atoms with Gasteiger partial charge in [0.15, 0.2) is 5.69 Å². The van der Waals surface area contributed by atoms with Crippen molar-refractivity contribution in [1.82, 2.24) is 4.98 Å². The van der Waals surface area contributed by atoms with Gasteiger partial charge in [-0.3, -0.25) is 9.78 Å². The number of likely N-dealkylation sites (N-methyl/N-ethyl adjacent to an activating group) is 1. The van der Waals surface area contributed by atoms with Crippen molar-refractivity contribution < 1.29 is 4.79 Å². The zero-order valence-electron chi connectivity index (χ0n) is 13.2. The standard InChI is InChI=1S/C19H15N3O/c1-19(2)16-13-9-14(20-3)11-7-5-6-8-12(11)17(13)21-10-15(16)22(4)18(19)23/h5-10H,1-2,4H3. The summed E-state index contributed by atoms with van der Waals surface area (Å²) in [5, 5.41) is 2.75. The summed E-state index contributed by atoms with van der Waals surface area (Å²) in [4.78, 5) is 22.5. The van der Waals surface area contributed by atoms with Crippen LogP contribution in [0.15, 0.2) is 36.5 Å². The van der Waals surface area contributed by atoms with Crippen molar-refractivity contribution in [1.29, 1.82) is 0 Å². The van der Waals surface area contributed by atoms with Crippen LogP contribution in [-0.2, 0) is 10.2 Å². The zero-order chi connectivity index (χ0) is 16.4. The lowest BCUT2D eigenvalue weighted by Crippen LogP contribution is -2.33. The van der Waals surface area contributed by atoms with E-state index in [-0.39, 0.29) is 5.91 Å². The van der Waals surface area contributed by atoms with Crippen LogP contribution in [0.1, 0.15) is 19.4 Å². The molecule has 1 aromatic heterocycles. The Morgan fingerprint density at radius 1 is 1.17 bits per heavy atom. The summed E-state index contributed by atoms with van der Waals surface area (Å²) in [5.41, 5.74) is 2.63. The molecule has 23 heavy (non-hydrogen) atoms. The third-order valence-corrected chi connectivity index (χ3v) is 4.78. The summed E-state index contributed by atoms with van der Waals surface area (Å²) in [6, 6.07) is 9.69. The molecule has 1 aliphatic heterocycles. The zero-order valence-corrected chi connectivity index (χ0v) is 13.2. The van der Waals surface area contributed by atoms with Crippen LogP contribution in [0.5, 0.6) is 0 Å². The maximum atomic E-state index is 12.6. The first kappa shape index (κ1) is 13.7. The molecule has 0 radical (unpaired) electrons. The third kappa shape index (κ3) is 1.59. The number of pyridine rings is 1. The van der Waals surface area contributed by atoms with Gasteiger partial charge in [0.1, 0.15) is 0 Å². The summed E-state index contributed by atoms with van der Waals surface area (Å²) < 4.78 is 0. The largest absolute Gasteiger partial charge is 0.313 e. The summed E-state index contributed by atoms with van der Waals surface area (Å²) in [7, 11) is 1.78. The molecule has 112 valence electrons. The van der Waals surface area contributed by atoms with Crippen LogP contribution in [0.4, 0.5) is 11.4 Å². The van der Waals surface area contributed by atoms with Crippen LogP contribution in [0.3, 0.4) is 0 Å². The van der Waals surface area contributed by atoms with Crippen molar-refractivity contribution in [3.8, 4) is 0 Å². The minimum atomic E-state index is -0.618. The average Bonchev–Trinajstić information content (AvgIpc) is 2.74. The molecule has 4 rings (SSSR count). The van der Waals surface area contributed by atoms with Gasteiger partial charge in [0.2, 0.25) is 5.91 Å². The number of carbonyl (C=O) groups is 1. The number of benzene rings is 2. The van der Waals surface area contributed by atoms with Crippen LogP contribution in [0.25, 0.3) is 26.5 Å². The number of aromatic nitrogens is 1. The molecular weight excluding hydrogens is 286 g/mol. The van der Waals surface area contributed by atoms with E-state index in [4.69, 9.17) is 6.57 Å². The molecule has 0 unspecified atom stereocenters. The smallest absolute Gasteiger partial charge is 0.236 e. The lowest BCUT2D eigenvalue weighted by molar-refractivity contribution is -0.121. The number of rotatable bonds is 0. The maximum Gasteiger partial charge on any atom is 0.236 e. The Morgan fingerprint density at radius 2 is 1.87 bits per heavy atom. The van der Waals surface area contributed by atoms with Gasteiger partial charge in [-0.25, -0.2) is 4.85 Å². The van der Waals surface area contributed by atoms with Gasteiger partial charge in [0.05, 0.1) is 29.4 Å². The summed E-state index contributed by atoms with van der Waals surface area (Å²) >= 11 is 0. The Morgan fingerprint density at radius 3 is 2.57 bits per heavy atom. The van der Waals surface area contributed by atoms with Crippen molar-refractivity contribution in [2.24, 2.45) is 0 Å². The van der Waals surface area contributed by atoms with E-state index in [1.54, 1.807) is 18.1 Å². The Hall–Kier alpha value is -2.93. The van der Waals surface area contributed by atoms with E-state index in [1.807, 2.05) is 44.2 Å². The van der Waals surface area contributed by atoms with Gasteiger partial charge >= 0.3 is 0 Å². The quantitative estimate of drug-likeness (QED) is 0.461. The van der Waals surface area contributed by atoms with E-state index >= 15 is 0 Å². The van der Waals surface area contributed by atoms with Crippen LogP contribution in [0, 0.1) is 6.57 Å². The Labute approximate surface area is 134 Å². The van der Waals surface area contributed by atoms with Gasteiger partial charge in [-0.1, -0.05) is 24.3 Å². The van der Waals surface area contributed by atoms with Crippen LogP contribution in [-0.4, -0.2) is 17.9 Å². The molecule has 0 spiro atoms. The predicted octanol–water partition coefficient (Wildman–Crippen LogP) is 4.19. The van der Waals surface area contributed by atoms with E-state index in [1.165, 1.54) is 0 Å². The molecule has 0 aliphatic carbocycles. The number of hydrogen-bond donors (Lipinski definition) is 0. The van der Waals surface area contributed by atoms with E-state index in [0.29, 0.717) is 5.69 Å². The topological polar surface area (TPSA) is 37.6 Å². The molecule has 0 bridgehead atoms.